The highest BCUT2D eigenvalue weighted by molar-refractivity contribution is 5.88. The maximum absolute atomic E-state index is 13.1. The molecular formula is C21H18N2O5. The molecule has 2 aromatic heterocycles. The minimum Gasteiger partial charge on any atom is -0.458 e. The molecule has 0 amide bonds. The Bertz CT molecular complexity index is 1230. The minimum absolute atomic E-state index is 0.0988. The second-order valence-corrected chi connectivity index (χ2v) is 7.20. The first kappa shape index (κ1) is 17.1. The first-order valence-corrected chi connectivity index (χ1v) is 9.18. The fraction of sp³-hybridized carbons (Fsp3) is 0.286. The summed E-state index contributed by atoms with van der Waals surface area (Å²) in [5, 5.41) is 21.7. The lowest BCUT2D eigenvalue weighted by Crippen LogP contribution is -2.44. The molecule has 1 aromatic carbocycles. The van der Waals surface area contributed by atoms with Crippen molar-refractivity contribution in [3.8, 4) is 11.4 Å². The third kappa shape index (κ3) is 2.03. The number of fused-ring (bicyclic) bond motifs is 5. The Kier molecular flexibility index (Phi) is 3.50. The van der Waals surface area contributed by atoms with Crippen LogP contribution < -0.4 is 5.56 Å². The predicted molar refractivity (Wildman–Crippen MR) is 100 cm³/mol. The summed E-state index contributed by atoms with van der Waals surface area (Å²) in [4.78, 5) is 30.1. The molecule has 2 aliphatic rings. The van der Waals surface area contributed by atoms with E-state index in [-0.39, 0.29) is 42.9 Å². The van der Waals surface area contributed by atoms with Gasteiger partial charge in [-0.3, -0.25) is 4.79 Å². The van der Waals surface area contributed by atoms with Gasteiger partial charge in [-0.2, -0.15) is 0 Å². The predicted octanol–water partition coefficient (Wildman–Crippen LogP) is 1.57. The van der Waals surface area contributed by atoms with Gasteiger partial charge in [-0.25, -0.2) is 9.78 Å². The number of benzene rings is 1. The van der Waals surface area contributed by atoms with E-state index in [9.17, 15) is 19.8 Å². The Morgan fingerprint density at radius 3 is 2.79 bits per heavy atom. The maximum Gasteiger partial charge on any atom is 0.343 e. The summed E-state index contributed by atoms with van der Waals surface area (Å²) in [7, 11) is 0. The van der Waals surface area contributed by atoms with E-state index in [1.165, 1.54) is 0 Å². The van der Waals surface area contributed by atoms with Crippen LogP contribution in [-0.4, -0.2) is 25.7 Å². The number of aliphatic hydroxyl groups is 2. The molecule has 0 spiro atoms. The Morgan fingerprint density at radius 1 is 1.25 bits per heavy atom. The molecule has 2 aliphatic heterocycles. The zero-order chi connectivity index (χ0) is 19.6. The Hall–Kier alpha value is -3.03. The average molecular weight is 378 g/mol. The zero-order valence-corrected chi connectivity index (χ0v) is 15.2. The highest BCUT2D eigenvalue weighted by atomic mass is 16.6. The standard InChI is InChI=1S/C21H18N2O5/c1-2-21(27)15-7-17-18-12(8-23(17)19(25)14(15)10-28-20(21)26)13(9-24)11-5-3-4-6-16(11)22-18/h3-7,24,27H,2,8-10H2,1H3/t21-/m0/s1. The molecule has 0 fully saturated rings. The summed E-state index contributed by atoms with van der Waals surface area (Å²) >= 11 is 0. The van der Waals surface area contributed by atoms with Gasteiger partial charge in [-0.1, -0.05) is 25.1 Å². The molecule has 4 heterocycles. The Morgan fingerprint density at radius 2 is 2.04 bits per heavy atom. The Labute approximate surface area is 159 Å². The molecule has 142 valence electrons. The molecule has 28 heavy (non-hydrogen) atoms. The molecule has 1 atom stereocenters. The molecule has 5 rings (SSSR count). The second kappa shape index (κ2) is 5.73. The van der Waals surface area contributed by atoms with Gasteiger partial charge in [0.1, 0.15) is 6.61 Å². The smallest absolute Gasteiger partial charge is 0.343 e. The fourth-order valence-electron chi connectivity index (χ4n) is 4.29. The van der Waals surface area contributed by atoms with Crippen LogP contribution in [0.5, 0.6) is 0 Å². The minimum atomic E-state index is -1.85. The highest BCUT2D eigenvalue weighted by Crippen LogP contribution is 2.40. The molecule has 3 aromatic rings. The number of aliphatic hydroxyl groups excluding tert-OH is 1. The second-order valence-electron chi connectivity index (χ2n) is 7.20. The summed E-state index contributed by atoms with van der Waals surface area (Å²) in [5.74, 6) is -0.743. The van der Waals surface area contributed by atoms with Gasteiger partial charge in [0.15, 0.2) is 5.60 Å². The molecule has 0 aliphatic carbocycles. The van der Waals surface area contributed by atoms with Crippen molar-refractivity contribution in [3.63, 3.8) is 0 Å². The number of cyclic esters (lactones) is 1. The summed E-state index contributed by atoms with van der Waals surface area (Å²) in [6.45, 7) is 1.62. The van der Waals surface area contributed by atoms with Gasteiger partial charge in [-0.15, -0.1) is 0 Å². The van der Waals surface area contributed by atoms with Crippen LogP contribution in [0.4, 0.5) is 0 Å². The van der Waals surface area contributed by atoms with Crippen molar-refractivity contribution in [1.29, 1.82) is 0 Å². The first-order chi connectivity index (χ1) is 13.5. The highest BCUT2D eigenvalue weighted by Gasteiger charge is 2.45. The van der Waals surface area contributed by atoms with Gasteiger partial charge in [0.2, 0.25) is 0 Å². The number of nitrogens with zero attached hydrogens (tertiary/aromatic N) is 2. The maximum atomic E-state index is 13.1. The third-order valence-corrected chi connectivity index (χ3v) is 5.87. The lowest BCUT2D eigenvalue weighted by Gasteiger charge is -2.31. The quantitative estimate of drug-likeness (QED) is 0.514. The summed E-state index contributed by atoms with van der Waals surface area (Å²) < 4.78 is 6.65. The zero-order valence-electron chi connectivity index (χ0n) is 15.2. The number of carbonyl (C=O) groups excluding carboxylic acids is 1. The van der Waals surface area contributed by atoms with Crippen molar-refractivity contribution in [2.75, 3.05) is 0 Å². The van der Waals surface area contributed by atoms with Gasteiger partial charge in [-0.05, 0) is 24.1 Å². The average Bonchev–Trinajstić information content (AvgIpc) is 3.08. The number of hydrogen-bond acceptors (Lipinski definition) is 6. The number of hydrogen-bond donors (Lipinski definition) is 2. The monoisotopic (exact) mass is 378 g/mol. The fourth-order valence-corrected chi connectivity index (χ4v) is 4.29. The van der Waals surface area contributed by atoms with E-state index in [0.29, 0.717) is 16.9 Å². The van der Waals surface area contributed by atoms with Crippen molar-refractivity contribution in [1.82, 2.24) is 9.55 Å². The van der Waals surface area contributed by atoms with E-state index in [2.05, 4.69) is 0 Å². The van der Waals surface area contributed by atoms with E-state index >= 15 is 0 Å². The third-order valence-electron chi connectivity index (χ3n) is 5.87. The van der Waals surface area contributed by atoms with Gasteiger partial charge in [0.05, 0.1) is 35.6 Å². The lowest BCUT2D eigenvalue weighted by molar-refractivity contribution is -0.172. The van der Waals surface area contributed by atoms with Gasteiger partial charge in [0, 0.05) is 16.5 Å². The number of para-hydroxylation sites is 1. The topological polar surface area (TPSA) is 102 Å². The number of carbonyl (C=O) groups is 1. The van der Waals surface area contributed by atoms with Crippen molar-refractivity contribution in [3.05, 3.63) is 62.9 Å². The normalized spacial score (nSPS) is 19.9. The molecule has 2 N–H and O–H groups in total. The van der Waals surface area contributed by atoms with E-state index < -0.39 is 11.6 Å². The van der Waals surface area contributed by atoms with Crippen LogP contribution in [0.25, 0.3) is 22.3 Å². The molecular weight excluding hydrogens is 360 g/mol. The van der Waals surface area contributed by atoms with Gasteiger partial charge >= 0.3 is 5.97 Å². The lowest BCUT2D eigenvalue weighted by atomic mass is 9.86. The van der Waals surface area contributed by atoms with Gasteiger partial charge in [0.25, 0.3) is 5.56 Å². The first-order valence-electron chi connectivity index (χ1n) is 9.18. The Balaban J connectivity index is 1.84. The summed E-state index contributed by atoms with van der Waals surface area (Å²) in [5.41, 5.74) is 1.80. The molecule has 0 saturated carbocycles. The van der Waals surface area contributed by atoms with E-state index in [0.717, 1.165) is 16.5 Å². The van der Waals surface area contributed by atoms with E-state index in [4.69, 9.17) is 9.72 Å². The summed E-state index contributed by atoms with van der Waals surface area (Å²) in [6, 6.07) is 9.17. The molecule has 0 saturated heterocycles. The molecule has 7 nitrogen and oxygen atoms in total. The van der Waals surface area contributed by atoms with Crippen molar-refractivity contribution < 1.29 is 19.7 Å². The number of ether oxygens (including phenoxy) is 1. The van der Waals surface area contributed by atoms with Crippen molar-refractivity contribution in [2.45, 2.75) is 38.7 Å². The van der Waals surface area contributed by atoms with Crippen molar-refractivity contribution >= 4 is 16.9 Å². The molecule has 0 bridgehead atoms. The van der Waals surface area contributed by atoms with E-state index in [1.807, 2.05) is 24.3 Å². The number of rotatable bonds is 2. The van der Waals surface area contributed by atoms with Crippen LogP contribution >= 0.6 is 0 Å². The number of aromatic nitrogens is 2. The van der Waals surface area contributed by atoms with Crippen LogP contribution in [0.1, 0.15) is 35.6 Å². The van der Waals surface area contributed by atoms with Crippen LogP contribution in [0.15, 0.2) is 35.1 Å². The molecule has 0 radical (unpaired) electrons. The van der Waals surface area contributed by atoms with Crippen LogP contribution in [0.2, 0.25) is 0 Å². The van der Waals surface area contributed by atoms with Crippen molar-refractivity contribution in [2.24, 2.45) is 0 Å². The molecule has 0 unspecified atom stereocenters. The SMILES string of the molecule is CC[C@@]1(O)C(=O)OCc2c1cc1n(c2=O)Cc2c-1nc1ccccc1c2CO. The van der Waals surface area contributed by atoms with Crippen LogP contribution in [0, 0.1) is 0 Å². The number of esters is 1. The van der Waals surface area contributed by atoms with E-state index in [1.54, 1.807) is 17.6 Å². The van der Waals surface area contributed by atoms with Gasteiger partial charge < -0.3 is 19.5 Å². The van der Waals surface area contributed by atoms with Crippen LogP contribution in [-0.2, 0) is 34.9 Å². The van der Waals surface area contributed by atoms with Crippen LogP contribution in [0.3, 0.4) is 0 Å². The summed E-state index contributed by atoms with van der Waals surface area (Å²) in [6.07, 6.45) is 0.0988. The largest absolute Gasteiger partial charge is 0.458 e. The number of pyridine rings is 2. The molecule has 7 heteroatoms.